The summed E-state index contributed by atoms with van der Waals surface area (Å²) < 4.78 is 0. The van der Waals surface area contributed by atoms with Gasteiger partial charge in [0.05, 0.1) is 0 Å². The van der Waals surface area contributed by atoms with Crippen LogP contribution < -0.4 is 16.0 Å². The summed E-state index contributed by atoms with van der Waals surface area (Å²) in [6.45, 7) is 3.33. The highest BCUT2D eigenvalue weighted by molar-refractivity contribution is 5.47. The van der Waals surface area contributed by atoms with Gasteiger partial charge in [-0.2, -0.15) is 0 Å². The summed E-state index contributed by atoms with van der Waals surface area (Å²) in [7, 11) is 0. The lowest BCUT2D eigenvalue weighted by atomic mass is 10.1. The maximum Gasteiger partial charge on any atom is 0.131 e. The average molecular weight is 247 g/mol. The molecular formula is C13H21N5. The van der Waals surface area contributed by atoms with Crippen molar-refractivity contribution in [3.8, 4) is 0 Å². The van der Waals surface area contributed by atoms with E-state index in [9.17, 15) is 0 Å². The molecule has 3 N–H and O–H groups in total. The molecule has 0 amide bonds. The van der Waals surface area contributed by atoms with Crippen LogP contribution in [0.15, 0.2) is 12.4 Å². The number of rotatable bonds is 6. The molecule has 3 rings (SSSR count). The van der Waals surface area contributed by atoms with Gasteiger partial charge in [0.15, 0.2) is 0 Å². The molecule has 5 nitrogen and oxygen atoms in total. The third-order valence-electron chi connectivity index (χ3n) is 3.62. The molecule has 18 heavy (non-hydrogen) atoms. The Morgan fingerprint density at radius 1 is 1.22 bits per heavy atom. The molecule has 1 aliphatic carbocycles. The highest BCUT2D eigenvalue weighted by Crippen LogP contribution is 2.24. The van der Waals surface area contributed by atoms with Crippen molar-refractivity contribution < 1.29 is 0 Å². The zero-order valence-corrected chi connectivity index (χ0v) is 10.7. The molecule has 2 heterocycles. The average Bonchev–Trinajstić information content (AvgIpc) is 3.04. The fourth-order valence-corrected chi connectivity index (χ4v) is 2.33. The zero-order chi connectivity index (χ0) is 12.2. The SMILES string of the molecule is c1nc(NCCC2CCNC2)cc(NC2CC2)n1. The molecule has 1 aliphatic heterocycles. The van der Waals surface area contributed by atoms with Crippen LogP contribution in [0.3, 0.4) is 0 Å². The Morgan fingerprint density at radius 3 is 2.89 bits per heavy atom. The van der Waals surface area contributed by atoms with E-state index < -0.39 is 0 Å². The molecule has 98 valence electrons. The Morgan fingerprint density at radius 2 is 2.11 bits per heavy atom. The molecule has 1 saturated heterocycles. The van der Waals surface area contributed by atoms with E-state index in [0.717, 1.165) is 24.1 Å². The third-order valence-corrected chi connectivity index (χ3v) is 3.62. The maximum absolute atomic E-state index is 4.25. The Labute approximate surface area is 108 Å². The van der Waals surface area contributed by atoms with Gasteiger partial charge in [-0.3, -0.25) is 0 Å². The quantitative estimate of drug-likeness (QED) is 0.710. The van der Waals surface area contributed by atoms with Gasteiger partial charge in [0.1, 0.15) is 18.0 Å². The highest BCUT2D eigenvalue weighted by atomic mass is 15.1. The Hall–Kier alpha value is -1.36. The molecule has 0 radical (unpaired) electrons. The molecule has 0 spiro atoms. The number of aromatic nitrogens is 2. The molecule has 2 aliphatic rings. The summed E-state index contributed by atoms with van der Waals surface area (Å²) in [6, 6.07) is 2.64. The maximum atomic E-state index is 4.25. The minimum Gasteiger partial charge on any atom is -0.370 e. The van der Waals surface area contributed by atoms with E-state index in [2.05, 4.69) is 25.9 Å². The van der Waals surface area contributed by atoms with Crippen molar-refractivity contribution in [1.29, 1.82) is 0 Å². The summed E-state index contributed by atoms with van der Waals surface area (Å²) in [4.78, 5) is 8.49. The Kier molecular flexibility index (Phi) is 3.59. The van der Waals surface area contributed by atoms with E-state index in [1.807, 2.05) is 6.07 Å². The van der Waals surface area contributed by atoms with Crippen LogP contribution in [0.2, 0.25) is 0 Å². The minimum absolute atomic E-state index is 0.636. The fourth-order valence-electron chi connectivity index (χ4n) is 2.33. The van der Waals surface area contributed by atoms with Crippen LogP contribution in [0.4, 0.5) is 11.6 Å². The lowest BCUT2D eigenvalue weighted by Gasteiger charge is -2.10. The molecular weight excluding hydrogens is 226 g/mol. The van der Waals surface area contributed by atoms with Gasteiger partial charge in [0.2, 0.25) is 0 Å². The first-order valence-corrected chi connectivity index (χ1v) is 6.93. The lowest BCUT2D eigenvalue weighted by Crippen LogP contribution is -2.13. The van der Waals surface area contributed by atoms with Crippen molar-refractivity contribution in [3.63, 3.8) is 0 Å². The monoisotopic (exact) mass is 247 g/mol. The lowest BCUT2D eigenvalue weighted by molar-refractivity contribution is 0.549. The van der Waals surface area contributed by atoms with Crippen LogP contribution in [0, 0.1) is 5.92 Å². The normalized spacial score (nSPS) is 23.0. The van der Waals surface area contributed by atoms with Gasteiger partial charge in [0.25, 0.3) is 0 Å². The van der Waals surface area contributed by atoms with Crippen molar-refractivity contribution >= 4 is 11.6 Å². The van der Waals surface area contributed by atoms with Crippen LogP contribution in [0.1, 0.15) is 25.7 Å². The van der Waals surface area contributed by atoms with Crippen molar-refractivity contribution in [2.45, 2.75) is 31.7 Å². The first-order chi connectivity index (χ1) is 8.90. The standard InChI is InChI=1S/C13H21N5/c1-2-11(1)18-13-7-12(16-9-17-13)15-6-4-10-3-5-14-8-10/h7,9-11,14H,1-6,8H2,(H2,15,16,17,18). The van der Waals surface area contributed by atoms with Gasteiger partial charge >= 0.3 is 0 Å². The zero-order valence-electron chi connectivity index (χ0n) is 10.7. The molecule has 0 bridgehead atoms. The molecule has 0 aromatic carbocycles. The van der Waals surface area contributed by atoms with Crippen LogP contribution in [-0.4, -0.2) is 35.6 Å². The van der Waals surface area contributed by atoms with E-state index in [1.165, 1.54) is 38.8 Å². The second-order valence-electron chi connectivity index (χ2n) is 5.28. The van der Waals surface area contributed by atoms with Crippen molar-refractivity contribution in [1.82, 2.24) is 15.3 Å². The van der Waals surface area contributed by atoms with Gasteiger partial charge in [-0.05, 0) is 44.7 Å². The second-order valence-corrected chi connectivity index (χ2v) is 5.28. The summed E-state index contributed by atoms with van der Waals surface area (Å²) in [5.41, 5.74) is 0. The third kappa shape index (κ3) is 3.32. The molecule has 1 atom stereocenters. The molecule has 2 fully saturated rings. The molecule has 1 unspecified atom stereocenters. The fraction of sp³-hybridized carbons (Fsp3) is 0.692. The van der Waals surface area contributed by atoms with Gasteiger partial charge in [0, 0.05) is 18.7 Å². The van der Waals surface area contributed by atoms with Crippen molar-refractivity contribution in [2.24, 2.45) is 5.92 Å². The largest absolute Gasteiger partial charge is 0.370 e. The van der Waals surface area contributed by atoms with E-state index >= 15 is 0 Å². The second kappa shape index (κ2) is 5.52. The van der Waals surface area contributed by atoms with Crippen LogP contribution in [-0.2, 0) is 0 Å². The number of hydrogen-bond acceptors (Lipinski definition) is 5. The molecule has 1 aromatic rings. The van der Waals surface area contributed by atoms with Crippen LogP contribution in [0.5, 0.6) is 0 Å². The molecule has 1 saturated carbocycles. The highest BCUT2D eigenvalue weighted by Gasteiger charge is 2.21. The first-order valence-electron chi connectivity index (χ1n) is 6.93. The van der Waals surface area contributed by atoms with E-state index in [4.69, 9.17) is 0 Å². The van der Waals surface area contributed by atoms with Gasteiger partial charge in [-0.15, -0.1) is 0 Å². The minimum atomic E-state index is 0.636. The summed E-state index contributed by atoms with van der Waals surface area (Å²) in [6.07, 6.45) is 6.68. The smallest absolute Gasteiger partial charge is 0.131 e. The predicted octanol–water partition coefficient (Wildman–Crippen LogP) is 1.46. The Balaban J connectivity index is 1.45. The summed E-state index contributed by atoms with van der Waals surface area (Å²) in [5, 5.41) is 10.2. The van der Waals surface area contributed by atoms with E-state index in [1.54, 1.807) is 6.33 Å². The molecule has 5 heteroatoms. The number of hydrogen-bond donors (Lipinski definition) is 3. The van der Waals surface area contributed by atoms with Gasteiger partial charge in [-0.1, -0.05) is 0 Å². The van der Waals surface area contributed by atoms with Crippen molar-refractivity contribution in [3.05, 3.63) is 12.4 Å². The number of anilines is 2. The van der Waals surface area contributed by atoms with E-state index in [0.29, 0.717) is 6.04 Å². The summed E-state index contributed by atoms with van der Waals surface area (Å²) in [5.74, 6) is 2.69. The number of nitrogens with zero attached hydrogens (tertiary/aromatic N) is 2. The van der Waals surface area contributed by atoms with E-state index in [-0.39, 0.29) is 0 Å². The Bertz CT molecular complexity index is 385. The van der Waals surface area contributed by atoms with Gasteiger partial charge < -0.3 is 16.0 Å². The van der Waals surface area contributed by atoms with Crippen LogP contribution in [0.25, 0.3) is 0 Å². The van der Waals surface area contributed by atoms with Gasteiger partial charge in [-0.25, -0.2) is 9.97 Å². The topological polar surface area (TPSA) is 61.9 Å². The predicted molar refractivity (Wildman–Crippen MR) is 72.8 cm³/mol. The first kappa shape index (κ1) is 11.7. The summed E-state index contributed by atoms with van der Waals surface area (Å²) >= 11 is 0. The molecule has 1 aromatic heterocycles. The van der Waals surface area contributed by atoms with Crippen molar-refractivity contribution in [2.75, 3.05) is 30.3 Å². The number of nitrogens with one attached hydrogen (secondary N) is 3. The van der Waals surface area contributed by atoms with Crippen LogP contribution >= 0.6 is 0 Å².